The summed E-state index contributed by atoms with van der Waals surface area (Å²) in [5.41, 5.74) is 1.11. The lowest BCUT2D eigenvalue weighted by Crippen LogP contribution is -2.16. The lowest BCUT2D eigenvalue weighted by atomic mass is 10.0. The molecule has 0 saturated heterocycles. The first-order valence-electron chi connectivity index (χ1n) is 7.52. The van der Waals surface area contributed by atoms with E-state index < -0.39 is 11.8 Å². The summed E-state index contributed by atoms with van der Waals surface area (Å²) in [7, 11) is 0. The highest BCUT2D eigenvalue weighted by Crippen LogP contribution is 2.12. The van der Waals surface area contributed by atoms with Crippen LogP contribution in [0.1, 0.15) is 22.8 Å². The number of allylic oxidation sites excluding steroid dienone is 2. The van der Waals surface area contributed by atoms with Gasteiger partial charge in [0.05, 0.1) is 6.61 Å². The van der Waals surface area contributed by atoms with Crippen LogP contribution >= 0.6 is 0 Å². The number of benzene rings is 2. The maximum absolute atomic E-state index is 12.9. The summed E-state index contributed by atoms with van der Waals surface area (Å²) >= 11 is 0. The van der Waals surface area contributed by atoms with Crippen molar-refractivity contribution in [1.29, 1.82) is 0 Å². The summed E-state index contributed by atoms with van der Waals surface area (Å²) in [4.78, 5) is 24.5. The lowest BCUT2D eigenvalue weighted by molar-refractivity contribution is -0.138. The van der Waals surface area contributed by atoms with Crippen LogP contribution in [0.15, 0.2) is 72.3 Å². The molecule has 0 radical (unpaired) electrons. The number of esters is 1. The van der Waals surface area contributed by atoms with Crippen molar-refractivity contribution < 1.29 is 18.7 Å². The molecule has 0 aliphatic heterocycles. The molecule has 3 nitrogen and oxygen atoms in total. The Balaban J connectivity index is 2.26. The molecule has 2 rings (SSSR count). The van der Waals surface area contributed by atoms with E-state index in [9.17, 15) is 14.0 Å². The first kappa shape index (κ1) is 17.3. The number of hydrogen-bond donors (Lipinski definition) is 0. The maximum Gasteiger partial charge on any atom is 0.342 e. The average Bonchev–Trinajstić information content (AvgIpc) is 2.60. The van der Waals surface area contributed by atoms with Gasteiger partial charge in [0.1, 0.15) is 11.4 Å². The van der Waals surface area contributed by atoms with Crippen LogP contribution in [0.4, 0.5) is 4.39 Å². The van der Waals surface area contributed by atoms with Crippen molar-refractivity contribution in [3.8, 4) is 0 Å². The highest BCUT2D eigenvalue weighted by atomic mass is 19.1. The molecule has 0 N–H and O–H groups in total. The first-order valence-corrected chi connectivity index (χ1v) is 7.52. The van der Waals surface area contributed by atoms with Gasteiger partial charge in [-0.2, -0.15) is 0 Å². The van der Waals surface area contributed by atoms with Crippen LogP contribution in [-0.2, 0) is 9.53 Å². The second-order valence-corrected chi connectivity index (χ2v) is 4.91. The third kappa shape index (κ3) is 4.74. The highest BCUT2D eigenvalue weighted by molar-refractivity contribution is 6.24. The van der Waals surface area contributed by atoms with Crippen molar-refractivity contribution in [2.75, 3.05) is 6.61 Å². The molecule has 0 atom stereocenters. The molecule has 24 heavy (non-hydrogen) atoms. The molecule has 0 unspecified atom stereocenters. The molecule has 0 aliphatic rings. The van der Waals surface area contributed by atoms with E-state index in [1.165, 1.54) is 18.2 Å². The molecule has 0 bridgehead atoms. The van der Waals surface area contributed by atoms with Gasteiger partial charge in [-0.1, -0.05) is 54.6 Å². The Morgan fingerprint density at radius 1 is 1.04 bits per heavy atom. The van der Waals surface area contributed by atoms with Crippen molar-refractivity contribution in [2.45, 2.75) is 6.92 Å². The van der Waals surface area contributed by atoms with Gasteiger partial charge in [0.2, 0.25) is 0 Å². The van der Waals surface area contributed by atoms with E-state index in [-0.39, 0.29) is 18.0 Å². The number of ether oxygens (including phenoxy) is 1. The summed E-state index contributed by atoms with van der Waals surface area (Å²) in [6.07, 6.45) is 4.66. The molecule has 0 aliphatic carbocycles. The summed E-state index contributed by atoms with van der Waals surface area (Å²) in [6.45, 7) is 1.86. The third-order valence-electron chi connectivity index (χ3n) is 3.20. The molecule has 122 valence electrons. The summed E-state index contributed by atoms with van der Waals surface area (Å²) in [5, 5.41) is 0. The summed E-state index contributed by atoms with van der Waals surface area (Å²) < 4.78 is 17.8. The predicted octanol–water partition coefficient (Wildman–Crippen LogP) is 4.21. The first-order chi connectivity index (χ1) is 11.6. The van der Waals surface area contributed by atoms with Gasteiger partial charge in [-0.3, -0.25) is 4.79 Å². The number of rotatable bonds is 6. The van der Waals surface area contributed by atoms with Gasteiger partial charge >= 0.3 is 5.97 Å². The quantitative estimate of drug-likeness (QED) is 0.200. The van der Waals surface area contributed by atoms with Crippen molar-refractivity contribution in [3.05, 3.63) is 89.3 Å². The fourth-order valence-electron chi connectivity index (χ4n) is 2.02. The Morgan fingerprint density at radius 2 is 1.71 bits per heavy atom. The average molecular weight is 324 g/mol. The molecule has 0 spiro atoms. The number of ketones is 1. The van der Waals surface area contributed by atoms with Crippen molar-refractivity contribution >= 4 is 17.8 Å². The van der Waals surface area contributed by atoms with Gasteiger partial charge in [-0.25, -0.2) is 9.18 Å². The molecule has 0 amide bonds. The number of carbonyl (C=O) groups is 2. The van der Waals surface area contributed by atoms with Crippen LogP contribution in [0.5, 0.6) is 0 Å². The van der Waals surface area contributed by atoms with Crippen molar-refractivity contribution in [2.24, 2.45) is 0 Å². The van der Waals surface area contributed by atoms with Crippen LogP contribution in [0.25, 0.3) is 6.08 Å². The van der Waals surface area contributed by atoms with E-state index in [1.807, 2.05) is 0 Å². The van der Waals surface area contributed by atoms with Crippen molar-refractivity contribution in [3.63, 3.8) is 0 Å². The Morgan fingerprint density at radius 3 is 2.33 bits per heavy atom. The van der Waals surface area contributed by atoms with Gasteiger partial charge in [0.25, 0.3) is 0 Å². The summed E-state index contributed by atoms with van der Waals surface area (Å²) in [6, 6.07) is 14.4. The Kier molecular flexibility index (Phi) is 6.20. The third-order valence-corrected chi connectivity index (χ3v) is 3.20. The van der Waals surface area contributed by atoms with Crippen molar-refractivity contribution in [1.82, 2.24) is 0 Å². The molecule has 2 aromatic rings. The van der Waals surface area contributed by atoms with E-state index in [4.69, 9.17) is 4.74 Å². The normalized spacial score (nSPS) is 11.5. The van der Waals surface area contributed by atoms with Gasteiger partial charge in [0.15, 0.2) is 5.78 Å². The molecule has 0 fully saturated rings. The number of hydrogen-bond acceptors (Lipinski definition) is 3. The monoisotopic (exact) mass is 324 g/mol. The molecule has 2 aromatic carbocycles. The zero-order valence-electron chi connectivity index (χ0n) is 13.2. The molecular formula is C20H17FO3. The molecule has 0 saturated carbocycles. The largest absolute Gasteiger partial charge is 0.462 e. The van der Waals surface area contributed by atoms with Crippen LogP contribution in [0.3, 0.4) is 0 Å². The second kappa shape index (κ2) is 8.58. The van der Waals surface area contributed by atoms with Gasteiger partial charge in [0, 0.05) is 5.56 Å². The standard InChI is InChI=1S/C20H17FO3/c1-2-24-20(23)18(19(22)16-8-4-3-5-9-16)10-6-7-15-11-13-17(21)14-12-15/h3-14H,2H2,1H3/b7-6+,18-10+. The highest BCUT2D eigenvalue weighted by Gasteiger charge is 2.20. The van der Waals surface area contributed by atoms with Crippen LogP contribution < -0.4 is 0 Å². The minimum absolute atomic E-state index is 0.0542. The fourth-order valence-corrected chi connectivity index (χ4v) is 2.02. The molecule has 0 aromatic heterocycles. The van der Waals surface area contributed by atoms with Gasteiger partial charge in [-0.15, -0.1) is 0 Å². The summed E-state index contributed by atoms with van der Waals surface area (Å²) in [5.74, 6) is -1.40. The lowest BCUT2D eigenvalue weighted by Gasteiger charge is -2.05. The van der Waals surface area contributed by atoms with Gasteiger partial charge < -0.3 is 4.74 Å². The smallest absolute Gasteiger partial charge is 0.342 e. The number of carbonyl (C=O) groups excluding carboxylic acids is 2. The van der Waals surface area contributed by atoms with Crippen LogP contribution in [0.2, 0.25) is 0 Å². The second-order valence-electron chi connectivity index (χ2n) is 4.91. The van der Waals surface area contributed by atoms with E-state index in [0.717, 1.165) is 5.56 Å². The van der Waals surface area contributed by atoms with Crippen LogP contribution in [-0.4, -0.2) is 18.4 Å². The zero-order chi connectivity index (χ0) is 17.4. The molecular weight excluding hydrogens is 307 g/mol. The maximum atomic E-state index is 12.9. The van der Waals surface area contributed by atoms with Gasteiger partial charge in [-0.05, 0) is 30.7 Å². The Hall–Kier alpha value is -3.01. The molecule has 4 heteroatoms. The zero-order valence-corrected chi connectivity index (χ0v) is 13.2. The minimum Gasteiger partial charge on any atom is -0.462 e. The SMILES string of the molecule is CCOC(=O)/C(=C/C=C/c1ccc(F)cc1)C(=O)c1ccccc1. The minimum atomic E-state index is -0.671. The fraction of sp³-hybridized carbons (Fsp3) is 0.100. The van der Waals surface area contributed by atoms with E-state index in [2.05, 4.69) is 0 Å². The molecule has 0 heterocycles. The Bertz CT molecular complexity index is 759. The Labute approximate surface area is 140 Å². The van der Waals surface area contributed by atoms with Crippen LogP contribution in [0, 0.1) is 5.82 Å². The topological polar surface area (TPSA) is 43.4 Å². The van der Waals surface area contributed by atoms with E-state index in [1.54, 1.807) is 61.5 Å². The van der Waals surface area contributed by atoms with E-state index >= 15 is 0 Å². The van der Waals surface area contributed by atoms with E-state index in [0.29, 0.717) is 5.56 Å². The number of Topliss-reactive ketones (excluding diaryl/α,β-unsaturated/α-hetero) is 1. The number of halogens is 1. The predicted molar refractivity (Wildman–Crippen MR) is 90.9 cm³/mol.